The van der Waals surface area contributed by atoms with Gasteiger partial charge in [-0.15, -0.1) is 0 Å². The molecule has 1 aliphatic rings. The number of nitrogens with one attached hydrogen (secondary N) is 1. The number of ether oxygens (including phenoxy) is 1. The molecule has 0 radical (unpaired) electrons. The van der Waals surface area contributed by atoms with Crippen LogP contribution in [0.4, 0.5) is 4.79 Å². The maximum atomic E-state index is 12.2. The molecule has 6 nitrogen and oxygen atoms in total. The fourth-order valence-electron chi connectivity index (χ4n) is 2.22. The zero-order chi connectivity index (χ0) is 15.5. The zero-order valence-corrected chi connectivity index (χ0v) is 12.3. The number of amides is 2. The van der Waals surface area contributed by atoms with Gasteiger partial charge in [0, 0.05) is 26.6 Å². The maximum absolute atomic E-state index is 12.2. The lowest BCUT2D eigenvalue weighted by Gasteiger charge is -2.27. The van der Waals surface area contributed by atoms with Crippen molar-refractivity contribution in [3.63, 3.8) is 0 Å². The molecular formula is C15H20N2O4. The number of benzene rings is 1. The highest BCUT2D eigenvalue weighted by Gasteiger charge is 2.44. The van der Waals surface area contributed by atoms with Crippen molar-refractivity contribution in [2.24, 2.45) is 0 Å². The van der Waals surface area contributed by atoms with Crippen LogP contribution in [0.25, 0.3) is 0 Å². The SMILES string of the molecule is Cc1ccc(CN(C)C(=O)NC2(C(=O)O)CCOC2)cc1. The van der Waals surface area contributed by atoms with Crippen molar-refractivity contribution >= 4 is 12.0 Å². The Bertz CT molecular complexity index is 521. The summed E-state index contributed by atoms with van der Waals surface area (Å²) in [7, 11) is 1.64. The summed E-state index contributed by atoms with van der Waals surface area (Å²) in [5, 5.41) is 11.9. The lowest BCUT2D eigenvalue weighted by atomic mass is 9.99. The highest BCUT2D eigenvalue weighted by Crippen LogP contribution is 2.19. The molecule has 1 unspecified atom stereocenters. The first-order chi connectivity index (χ1) is 9.93. The molecule has 0 aromatic heterocycles. The van der Waals surface area contributed by atoms with Gasteiger partial charge >= 0.3 is 12.0 Å². The Hall–Kier alpha value is -2.08. The third-order valence-corrected chi connectivity index (χ3v) is 3.66. The van der Waals surface area contributed by atoms with Gasteiger partial charge in [-0.1, -0.05) is 29.8 Å². The molecule has 114 valence electrons. The summed E-state index contributed by atoms with van der Waals surface area (Å²) in [6.45, 7) is 2.76. The zero-order valence-electron chi connectivity index (χ0n) is 12.3. The van der Waals surface area contributed by atoms with Crippen LogP contribution in [0.3, 0.4) is 0 Å². The average molecular weight is 292 g/mol. The van der Waals surface area contributed by atoms with Gasteiger partial charge in [-0.25, -0.2) is 9.59 Å². The lowest BCUT2D eigenvalue weighted by molar-refractivity contribution is -0.144. The molecule has 0 bridgehead atoms. The molecule has 1 heterocycles. The first-order valence-electron chi connectivity index (χ1n) is 6.83. The molecule has 6 heteroatoms. The van der Waals surface area contributed by atoms with E-state index in [1.807, 2.05) is 31.2 Å². The van der Waals surface area contributed by atoms with Crippen molar-refractivity contribution in [1.29, 1.82) is 0 Å². The number of hydrogen-bond acceptors (Lipinski definition) is 3. The van der Waals surface area contributed by atoms with Crippen molar-refractivity contribution in [2.75, 3.05) is 20.3 Å². The van der Waals surface area contributed by atoms with Crippen LogP contribution in [-0.2, 0) is 16.1 Å². The lowest BCUT2D eigenvalue weighted by Crippen LogP contribution is -2.57. The topological polar surface area (TPSA) is 78.9 Å². The summed E-state index contributed by atoms with van der Waals surface area (Å²) >= 11 is 0. The standard InChI is InChI=1S/C15H20N2O4/c1-11-3-5-12(6-4-11)9-17(2)14(20)16-15(13(18)19)7-8-21-10-15/h3-6H,7-10H2,1-2H3,(H,16,20)(H,18,19). The highest BCUT2D eigenvalue weighted by atomic mass is 16.5. The van der Waals surface area contributed by atoms with E-state index in [9.17, 15) is 14.7 Å². The minimum atomic E-state index is -1.31. The quantitative estimate of drug-likeness (QED) is 0.878. The fourth-order valence-corrected chi connectivity index (χ4v) is 2.22. The van der Waals surface area contributed by atoms with E-state index in [2.05, 4.69) is 5.32 Å². The average Bonchev–Trinajstić information content (AvgIpc) is 2.91. The second-order valence-electron chi connectivity index (χ2n) is 5.46. The van der Waals surface area contributed by atoms with E-state index in [4.69, 9.17) is 4.74 Å². The van der Waals surface area contributed by atoms with Gasteiger partial charge in [0.25, 0.3) is 0 Å². The number of rotatable bonds is 4. The van der Waals surface area contributed by atoms with Crippen LogP contribution >= 0.6 is 0 Å². The van der Waals surface area contributed by atoms with Gasteiger partial charge in [-0.2, -0.15) is 0 Å². The van der Waals surface area contributed by atoms with E-state index in [1.165, 1.54) is 4.90 Å². The van der Waals surface area contributed by atoms with Crippen LogP contribution in [0.15, 0.2) is 24.3 Å². The van der Waals surface area contributed by atoms with E-state index >= 15 is 0 Å². The van der Waals surface area contributed by atoms with E-state index in [0.717, 1.165) is 11.1 Å². The summed E-state index contributed by atoms with van der Waals surface area (Å²) < 4.78 is 5.12. The Morgan fingerprint density at radius 1 is 1.38 bits per heavy atom. The van der Waals surface area contributed by atoms with Crippen LogP contribution in [0.5, 0.6) is 0 Å². The Balaban J connectivity index is 1.99. The molecule has 2 rings (SSSR count). The molecule has 1 aromatic carbocycles. The first kappa shape index (κ1) is 15.3. The predicted octanol–water partition coefficient (Wildman–Crippen LogP) is 1.38. The number of nitrogens with zero attached hydrogens (tertiary/aromatic N) is 1. The van der Waals surface area contributed by atoms with Gasteiger partial charge in [0.2, 0.25) is 0 Å². The van der Waals surface area contributed by atoms with Gasteiger partial charge in [0.05, 0.1) is 6.61 Å². The van der Waals surface area contributed by atoms with E-state index in [1.54, 1.807) is 7.05 Å². The molecule has 2 N–H and O–H groups in total. The number of carboxylic acid groups (broad SMARTS) is 1. The van der Waals surface area contributed by atoms with Gasteiger partial charge in [-0.3, -0.25) is 0 Å². The Kier molecular flexibility index (Phi) is 4.47. The Morgan fingerprint density at radius 2 is 2.05 bits per heavy atom. The van der Waals surface area contributed by atoms with Crippen LogP contribution in [-0.4, -0.2) is 47.8 Å². The van der Waals surface area contributed by atoms with Crippen molar-refractivity contribution in [2.45, 2.75) is 25.4 Å². The van der Waals surface area contributed by atoms with Crippen molar-refractivity contribution in [1.82, 2.24) is 10.2 Å². The molecule has 0 spiro atoms. The minimum absolute atomic E-state index is 0.00639. The number of hydrogen-bond donors (Lipinski definition) is 2. The first-order valence-corrected chi connectivity index (χ1v) is 6.83. The minimum Gasteiger partial charge on any atom is -0.479 e. The van der Waals surface area contributed by atoms with Crippen LogP contribution in [0, 0.1) is 6.92 Å². The van der Waals surface area contributed by atoms with Gasteiger partial charge in [0.1, 0.15) is 0 Å². The highest BCUT2D eigenvalue weighted by molar-refractivity contribution is 5.86. The smallest absolute Gasteiger partial charge is 0.332 e. The monoisotopic (exact) mass is 292 g/mol. The second-order valence-corrected chi connectivity index (χ2v) is 5.46. The molecule has 1 fully saturated rings. The normalized spacial score (nSPS) is 21.0. The van der Waals surface area contributed by atoms with Crippen molar-refractivity contribution < 1.29 is 19.4 Å². The fraction of sp³-hybridized carbons (Fsp3) is 0.467. The number of carbonyl (C=O) groups is 2. The van der Waals surface area contributed by atoms with Crippen LogP contribution < -0.4 is 5.32 Å². The summed E-state index contributed by atoms with van der Waals surface area (Å²) in [6, 6.07) is 7.44. The molecule has 1 aliphatic heterocycles. The largest absolute Gasteiger partial charge is 0.479 e. The number of carbonyl (C=O) groups excluding carboxylic acids is 1. The van der Waals surface area contributed by atoms with E-state index < -0.39 is 17.5 Å². The third-order valence-electron chi connectivity index (χ3n) is 3.66. The molecule has 0 saturated carbocycles. The third kappa shape index (κ3) is 3.52. The molecule has 0 aliphatic carbocycles. The van der Waals surface area contributed by atoms with Gasteiger partial charge < -0.3 is 20.1 Å². The molecular weight excluding hydrogens is 272 g/mol. The van der Waals surface area contributed by atoms with E-state index in [0.29, 0.717) is 13.2 Å². The Morgan fingerprint density at radius 3 is 2.57 bits per heavy atom. The summed E-state index contributed by atoms with van der Waals surface area (Å²) in [4.78, 5) is 25.0. The van der Waals surface area contributed by atoms with Gasteiger partial charge in [-0.05, 0) is 12.5 Å². The number of aryl methyl sites for hydroxylation is 1. The number of carboxylic acids is 1. The van der Waals surface area contributed by atoms with E-state index in [-0.39, 0.29) is 13.0 Å². The Labute approximate surface area is 123 Å². The number of aliphatic carboxylic acids is 1. The van der Waals surface area contributed by atoms with Gasteiger partial charge in [0.15, 0.2) is 5.54 Å². The summed E-state index contributed by atoms with van der Waals surface area (Å²) in [5.74, 6) is -1.06. The molecule has 21 heavy (non-hydrogen) atoms. The second kappa shape index (κ2) is 6.13. The summed E-state index contributed by atoms with van der Waals surface area (Å²) in [5.41, 5.74) is 0.836. The molecule has 1 aromatic rings. The van der Waals surface area contributed by atoms with Crippen molar-refractivity contribution in [3.05, 3.63) is 35.4 Å². The molecule has 2 amide bonds. The summed E-state index contributed by atoms with van der Waals surface area (Å²) in [6.07, 6.45) is 0.284. The number of urea groups is 1. The van der Waals surface area contributed by atoms with Crippen LogP contribution in [0.1, 0.15) is 17.5 Å². The van der Waals surface area contributed by atoms with Crippen molar-refractivity contribution in [3.8, 4) is 0 Å². The van der Waals surface area contributed by atoms with Crippen LogP contribution in [0.2, 0.25) is 0 Å². The maximum Gasteiger partial charge on any atom is 0.332 e. The molecule has 1 saturated heterocycles. The predicted molar refractivity (Wildman–Crippen MR) is 77.0 cm³/mol. The molecule has 1 atom stereocenters.